The zero-order chi connectivity index (χ0) is 19.0. The number of nitrogen functional groups attached to an aromatic ring is 1. The van der Waals surface area contributed by atoms with Gasteiger partial charge in [-0.15, -0.1) is 0 Å². The minimum absolute atomic E-state index is 0.115. The quantitative estimate of drug-likeness (QED) is 0.743. The fourth-order valence-electron chi connectivity index (χ4n) is 4.61. The number of rotatable bonds is 1. The van der Waals surface area contributed by atoms with Crippen molar-refractivity contribution in [3.63, 3.8) is 0 Å². The average Bonchev–Trinajstić information content (AvgIpc) is 3.08. The van der Waals surface area contributed by atoms with Gasteiger partial charge in [0.25, 0.3) is 0 Å². The number of hydrogen-bond donors (Lipinski definition) is 2. The van der Waals surface area contributed by atoms with Gasteiger partial charge in [0.1, 0.15) is 5.76 Å². The first kappa shape index (κ1) is 15.5. The number of anilines is 2. The molecule has 2 heterocycles. The number of benzene rings is 1. The Balaban J connectivity index is 1.54. The lowest BCUT2D eigenvalue weighted by Crippen LogP contribution is -2.27. The lowest BCUT2D eigenvalue weighted by atomic mass is 9.72. The molecule has 0 saturated carbocycles. The van der Waals surface area contributed by atoms with Crippen molar-refractivity contribution in [1.82, 2.24) is 0 Å². The second kappa shape index (κ2) is 5.25. The number of ether oxygens (including phenoxy) is 1. The van der Waals surface area contributed by atoms with Gasteiger partial charge in [-0.2, -0.15) is 0 Å². The predicted octanol–water partition coefficient (Wildman–Crippen LogP) is 3.57. The van der Waals surface area contributed by atoms with E-state index in [9.17, 15) is 9.59 Å². The molecule has 0 saturated heterocycles. The molecule has 1 aromatic heterocycles. The largest absolute Gasteiger partial charge is 0.457 e. The van der Waals surface area contributed by atoms with Gasteiger partial charge < -0.3 is 20.2 Å². The molecule has 6 rings (SSSR count). The summed E-state index contributed by atoms with van der Waals surface area (Å²) < 4.78 is 11.3. The maximum Gasteiger partial charge on any atom is 0.344 e. The van der Waals surface area contributed by atoms with Gasteiger partial charge in [-0.05, 0) is 36.6 Å². The molecule has 0 fully saturated rings. The van der Waals surface area contributed by atoms with Crippen molar-refractivity contribution in [1.29, 1.82) is 0 Å². The smallest absolute Gasteiger partial charge is 0.344 e. The molecule has 28 heavy (non-hydrogen) atoms. The highest BCUT2D eigenvalue weighted by Crippen LogP contribution is 2.55. The molecule has 1 unspecified atom stereocenters. The van der Waals surface area contributed by atoms with Crippen LogP contribution in [0.3, 0.4) is 0 Å². The summed E-state index contributed by atoms with van der Waals surface area (Å²) in [5.41, 5.74) is 11.5. The summed E-state index contributed by atoms with van der Waals surface area (Å²) in [6.07, 6.45) is 7.43. The van der Waals surface area contributed by atoms with Crippen molar-refractivity contribution in [3.05, 3.63) is 75.2 Å². The van der Waals surface area contributed by atoms with Crippen LogP contribution >= 0.6 is 0 Å². The van der Waals surface area contributed by atoms with Crippen LogP contribution in [0.15, 0.2) is 57.3 Å². The Bertz CT molecular complexity index is 1250. The molecular weight excluding hydrogens is 356 g/mol. The molecule has 0 bridgehead atoms. The standard InChI is InChI=1S/C22H16N2O4/c23-10-4-5-16-17(6-10)28-18-8-11(25)7-14(21(18)24-16)20-19-13-3-1-2-12(13)15(19)9-27-22(20)26/h3-7,9,12,24H,1-2,8,23H2. The van der Waals surface area contributed by atoms with Crippen molar-refractivity contribution in [2.45, 2.75) is 25.2 Å². The Morgan fingerprint density at radius 1 is 1.18 bits per heavy atom. The molecule has 3 aliphatic carbocycles. The van der Waals surface area contributed by atoms with Gasteiger partial charge in [-0.25, -0.2) is 4.79 Å². The molecule has 4 aliphatic rings. The van der Waals surface area contributed by atoms with Gasteiger partial charge in [-0.1, -0.05) is 6.08 Å². The number of fused-ring (bicyclic) bond motifs is 5. The fourth-order valence-corrected chi connectivity index (χ4v) is 4.61. The molecule has 6 nitrogen and oxygen atoms in total. The van der Waals surface area contributed by atoms with Crippen LogP contribution < -0.4 is 21.4 Å². The topological polar surface area (TPSA) is 94.6 Å². The van der Waals surface area contributed by atoms with E-state index < -0.39 is 5.63 Å². The summed E-state index contributed by atoms with van der Waals surface area (Å²) in [6, 6.07) is 5.31. The van der Waals surface area contributed by atoms with Crippen molar-refractivity contribution in [2.24, 2.45) is 0 Å². The van der Waals surface area contributed by atoms with Crippen LogP contribution in [0.4, 0.5) is 11.4 Å². The van der Waals surface area contributed by atoms with Crippen LogP contribution in [0, 0.1) is 0 Å². The van der Waals surface area contributed by atoms with Crippen LogP contribution in [0.1, 0.15) is 41.9 Å². The summed E-state index contributed by atoms with van der Waals surface area (Å²) in [7, 11) is 0. The van der Waals surface area contributed by atoms with E-state index in [2.05, 4.69) is 11.4 Å². The van der Waals surface area contributed by atoms with Crippen molar-refractivity contribution >= 4 is 28.3 Å². The van der Waals surface area contributed by atoms with Crippen molar-refractivity contribution in [3.8, 4) is 5.75 Å². The van der Waals surface area contributed by atoms with Crippen LogP contribution in [0.2, 0.25) is 0 Å². The molecule has 3 N–H and O–H groups in total. The first-order valence-corrected chi connectivity index (χ1v) is 9.29. The SMILES string of the molecule is Nc1ccc2c(c1)OC1=C(N2)C(c2c3c(coc2=O)C2CCC=C32)=CC(=O)C1. The molecule has 0 amide bonds. The van der Waals surface area contributed by atoms with Crippen LogP contribution in [0.5, 0.6) is 5.75 Å². The highest BCUT2D eigenvalue weighted by atomic mass is 16.5. The number of allylic oxidation sites excluding steroid dienone is 5. The molecule has 2 aromatic rings. The van der Waals surface area contributed by atoms with E-state index in [0.717, 1.165) is 29.7 Å². The summed E-state index contributed by atoms with van der Waals surface area (Å²) in [6.45, 7) is 0. The van der Waals surface area contributed by atoms with Crippen LogP contribution in [-0.4, -0.2) is 5.78 Å². The molecule has 6 heteroatoms. The normalized spacial score (nSPS) is 21.3. The van der Waals surface area contributed by atoms with Gasteiger partial charge >= 0.3 is 5.63 Å². The van der Waals surface area contributed by atoms with Gasteiger partial charge in [0, 0.05) is 34.4 Å². The Kier molecular flexibility index (Phi) is 2.91. The lowest BCUT2D eigenvalue weighted by Gasteiger charge is -2.33. The Morgan fingerprint density at radius 2 is 2.07 bits per heavy atom. The Labute approximate surface area is 160 Å². The van der Waals surface area contributed by atoms with E-state index >= 15 is 0 Å². The molecule has 138 valence electrons. The highest BCUT2D eigenvalue weighted by Gasteiger charge is 2.41. The van der Waals surface area contributed by atoms with E-state index in [1.807, 2.05) is 6.07 Å². The summed E-state index contributed by atoms with van der Waals surface area (Å²) >= 11 is 0. The molecule has 0 radical (unpaired) electrons. The minimum atomic E-state index is -0.442. The lowest BCUT2D eigenvalue weighted by molar-refractivity contribution is -0.114. The van der Waals surface area contributed by atoms with E-state index in [1.165, 1.54) is 11.6 Å². The van der Waals surface area contributed by atoms with E-state index in [0.29, 0.717) is 39.9 Å². The number of nitrogens with one attached hydrogen (secondary N) is 1. The van der Waals surface area contributed by atoms with Crippen LogP contribution in [-0.2, 0) is 4.79 Å². The van der Waals surface area contributed by atoms with Crippen molar-refractivity contribution in [2.75, 3.05) is 11.1 Å². The number of carbonyl (C=O) groups is 1. The number of hydrogen-bond acceptors (Lipinski definition) is 6. The Hall–Kier alpha value is -3.54. The highest BCUT2D eigenvalue weighted by molar-refractivity contribution is 6.08. The number of carbonyl (C=O) groups excluding carboxylic acids is 1. The maximum absolute atomic E-state index is 12.7. The molecular formula is C22H16N2O4. The first-order chi connectivity index (χ1) is 13.6. The second-order valence-corrected chi connectivity index (χ2v) is 7.50. The zero-order valence-electron chi connectivity index (χ0n) is 14.9. The summed E-state index contributed by atoms with van der Waals surface area (Å²) in [5.74, 6) is 1.29. The van der Waals surface area contributed by atoms with Crippen molar-refractivity contribution < 1.29 is 13.9 Å². The zero-order valence-corrected chi connectivity index (χ0v) is 14.9. The molecule has 0 spiro atoms. The molecule has 1 atom stereocenters. The third-order valence-electron chi connectivity index (χ3n) is 5.85. The van der Waals surface area contributed by atoms with E-state index in [4.69, 9.17) is 14.9 Å². The predicted molar refractivity (Wildman–Crippen MR) is 105 cm³/mol. The first-order valence-electron chi connectivity index (χ1n) is 9.29. The minimum Gasteiger partial charge on any atom is -0.457 e. The third kappa shape index (κ3) is 1.97. The molecule has 1 aliphatic heterocycles. The summed E-state index contributed by atoms with van der Waals surface area (Å²) in [5, 5.41) is 3.33. The fraction of sp³-hybridized carbons (Fsp3) is 0.182. The summed E-state index contributed by atoms with van der Waals surface area (Å²) in [4.78, 5) is 25.2. The number of ketones is 1. The van der Waals surface area contributed by atoms with Gasteiger partial charge in [0.2, 0.25) is 0 Å². The van der Waals surface area contributed by atoms with E-state index in [1.54, 1.807) is 18.4 Å². The maximum atomic E-state index is 12.7. The monoisotopic (exact) mass is 372 g/mol. The van der Waals surface area contributed by atoms with Gasteiger partial charge in [0.05, 0.1) is 29.6 Å². The second-order valence-electron chi connectivity index (χ2n) is 7.50. The van der Waals surface area contributed by atoms with E-state index in [-0.39, 0.29) is 12.2 Å². The van der Waals surface area contributed by atoms with Gasteiger partial charge in [-0.3, -0.25) is 4.79 Å². The van der Waals surface area contributed by atoms with Crippen LogP contribution in [0.25, 0.3) is 11.1 Å². The van der Waals surface area contributed by atoms with Gasteiger partial charge in [0.15, 0.2) is 11.5 Å². The Morgan fingerprint density at radius 3 is 2.96 bits per heavy atom. The third-order valence-corrected chi connectivity index (χ3v) is 5.85. The average molecular weight is 372 g/mol. The number of nitrogens with two attached hydrogens (primary N) is 1. The molecule has 1 aromatic carbocycles.